The van der Waals surface area contributed by atoms with E-state index < -0.39 is 16.1 Å². The summed E-state index contributed by atoms with van der Waals surface area (Å²) in [5, 5.41) is 10.5. The molecule has 166 valence electrons. The summed E-state index contributed by atoms with van der Waals surface area (Å²) in [5.41, 5.74) is 1.16. The van der Waals surface area contributed by atoms with E-state index in [9.17, 15) is 24.5 Å². The molecule has 2 aliphatic rings. The number of hydrogen-bond donors (Lipinski definition) is 0. The first-order valence-electron chi connectivity index (χ1n) is 9.79. The van der Waals surface area contributed by atoms with Crippen LogP contribution in [0.2, 0.25) is 0 Å². The average Bonchev–Trinajstić information content (AvgIpc) is 3.34. The van der Waals surface area contributed by atoms with E-state index in [1.54, 1.807) is 36.1 Å². The predicted octanol–water partition coefficient (Wildman–Crippen LogP) is 3.06. The Balaban J connectivity index is 1.48. The lowest BCUT2D eigenvalue weighted by Gasteiger charge is -2.27. The maximum Gasteiger partial charge on any atom is 0.294 e. The van der Waals surface area contributed by atoms with Crippen LogP contribution in [0.25, 0.3) is 17.4 Å². The molecule has 10 nitrogen and oxygen atoms in total. The topological polar surface area (TPSA) is 123 Å². The van der Waals surface area contributed by atoms with Crippen LogP contribution >= 0.6 is 11.8 Å². The van der Waals surface area contributed by atoms with Crippen LogP contribution < -0.4 is 0 Å². The number of benzene rings is 1. The minimum Gasteiger partial charge on any atom is -0.457 e. The number of amides is 3. The molecule has 1 aromatic heterocycles. The molecular formula is C21H19N3O7S. The van der Waals surface area contributed by atoms with Gasteiger partial charge in [0.15, 0.2) is 0 Å². The summed E-state index contributed by atoms with van der Waals surface area (Å²) in [6.45, 7) is 3.06. The Labute approximate surface area is 186 Å². The Morgan fingerprint density at radius 3 is 2.66 bits per heavy atom. The van der Waals surface area contributed by atoms with Gasteiger partial charge in [0.2, 0.25) is 5.91 Å². The highest BCUT2D eigenvalue weighted by molar-refractivity contribution is 8.18. The molecule has 0 radical (unpaired) electrons. The summed E-state index contributed by atoms with van der Waals surface area (Å²) < 4.78 is 11.0. The number of hydrogen-bond acceptors (Lipinski definition) is 8. The van der Waals surface area contributed by atoms with Crippen molar-refractivity contribution in [1.29, 1.82) is 0 Å². The number of nitro benzene ring substituents is 1. The maximum atomic E-state index is 12.7. The number of morpholine rings is 1. The summed E-state index contributed by atoms with van der Waals surface area (Å²) >= 11 is 0.746. The quantitative estimate of drug-likeness (QED) is 0.381. The monoisotopic (exact) mass is 457 g/mol. The van der Waals surface area contributed by atoms with Crippen molar-refractivity contribution < 1.29 is 28.5 Å². The first-order chi connectivity index (χ1) is 15.3. The number of carbonyl (C=O) groups excluding carboxylic acids is 3. The van der Waals surface area contributed by atoms with Crippen LogP contribution in [0.3, 0.4) is 0 Å². The number of imide groups is 1. The molecule has 11 heteroatoms. The van der Waals surface area contributed by atoms with Gasteiger partial charge in [-0.15, -0.1) is 0 Å². The van der Waals surface area contributed by atoms with E-state index in [4.69, 9.17) is 9.15 Å². The molecule has 0 atom stereocenters. The fourth-order valence-electron chi connectivity index (χ4n) is 3.41. The maximum absolute atomic E-state index is 12.7. The van der Waals surface area contributed by atoms with Gasteiger partial charge in [0, 0.05) is 36.4 Å². The molecule has 2 aromatic rings. The minimum atomic E-state index is -0.550. The van der Waals surface area contributed by atoms with E-state index in [-0.39, 0.29) is 23.0 Å². The van der Waals surface area contributed by atoms with Crippen molar-refractivity contribution in [3.8, 4) is 11.3 Å². The number of carbonyl (C=O) groups is 3. The zero-order valence-corrected chi connectivity index (χ0v) is 17.9. The summed E-state index contributed by atoms with van der Waals surface area (Å²) in [7, 11) is 0. The molecule has 0 spiro atoms. The van der Waals surface area contributed by atoms with Crippen LogP contribution in [0.4, 0.5) is 10.5 Å². The van der Waals surface area contributed by atoms with Crippen LogP contribution in [-0.4, -0.2) is 64.6 Å². The largest absolute Gasteiger partial charge is 0.457 e. The Bertz CT molecular complexity index is 1130. The number of nitrogens with zero attached hydrogens (tertiary/aromatic N) is 3. The van der Waals surface area contributed by atoms with Crippen LogP contribution in [0.1, 0.15) is 11.3 Å². The summed E-state index contributed by atoms with van der Waals surface area (Å²) in [6, 6.07) is 7.95. The third kappa shape index (κ3) is 4.43. The van der Waals surface area contributed by atoms with Crippen molar-refractivity contribution in [3.05, 3.63) is 56.7 Å². The molecular weight excluding hydrogens is 438 g/mol. The fourth-order valence-corrected chi connectivity index (χ4v) is 4.23. The Morgan fingerprint density at radius 2 is 1.97 bits per heavy atom. The second kappa shape index (κ2) is 8.97. The SMILES string of the molecule is Cc1cc(-c2ccc(/C=C3\SC(=O)N(CC(=O)N4CCOCC4)C3=O)o2)ccc1[N+](=O)[O-]. The van der Waals surface area contributed by atoms with E-state index in [0.717, 1.165) is 16.7 Å². The molecule has 3 amide bonds. The summed E-state index contributed by atoms with van der Waals surface area (Å²) in [5.74, 6) is -0.0339. The van der Waals surface area contributed by atoms with Gasteiger partial charge in [-0.3, -0.25) is 29.4 Å². The van der Waals surface area contributed by atoms with Gasteiger partial charge >= 0.3 is 0 Å². The van der Waals surface area contributed by atoms with Crippen molar-refractivity contribution in [2.24, 2.45) is 0 Å². The van der Waals surface area contributed by atoms with Crippen molar-refractivity contribution in [3.63, 3.8) is 0 Å². The number of furan rings is 1. The molecule has 0 saturated carbocycles. The first-order valence-corrected chi connectivity index (χ1v) is 10.6. The zero-order chi connectivity index (χ0) is 22.8. The molecule has 0 bridgehead atoms. The highest BCUT2D eigenvalue weighted by Gasteiger charge is 2.37. The third-order valence-corrected chi connectivity index (χ3v) is 6.02. The summed E-state index contributed by atoms with van der Waals surface area (Å²) in [6.07, 6.45) is 1.45. The van der Waals surface area contributed by atoms with Crippen LogP contribution in [0.15, 0.2) is 39.7 Å². The van der Waals surface area contributed by atoms with Crippen LogP contribution in [-0.2, 0) is 14.3 Å². The van der Waals surface area contributed by atoms with Gasteiger partial charge in [0.1, 0.15) is 18.1 Å². The van der Waals surface area contributed by atoms with Gasteiger partial charge in [0.25, 0.3) is 16.8 Å². The zero-order valence-electron chi connectivity index (χ0n) is 17.1. The fraction of sp³-hybridized carbons (Fsp3) is 0.286. The second-order valence-electron chi connectivity index (χ2n) is 7.22. The lowest BCUT2D eigenvalue weighted by Crippen LogP contribution is -2.46. The van der Waals surface area contributed by atoms with Crippen molar-refractivity contribution in [1.82, 2.24) is 9.80 Å². The van der Waals surface area contributed by atoms with E-state index in [1.807, 2.05) is 0 Å². The lowest BCUT2D eigenvalue weighted by atomic mass is 10.1. The first kappa shape index (κ1) is 21.8. The summed E-state index contributed by atoms with van der Waals surface area (Å²) in [4.78, 5) is 50.6. The van der Waals surface area contributed by atoms with Gasteiger partial charge in [-0.2, -0.15) is 0 Å². The van der Waals surface area contributed by atoms with Gasteiger partial charge in [-0.1, -0.05) is 0 Å². The van der Waals surface area contributed by atoms with E-state index in [2.05, 4.69) is 0 Å². The van der Waals surface area contributed by atoms with E-state index in [1.165, 1.54) is 12.1 Å². The Hall–Kier alpha value is -3.44. The molecule has 2 fully saturated rings. The molecule has 3 heterocycles. The molecule has 4 rings (SSSR count). The molecule has 0 unspecified atom stereocenters. The molecule has 0 aliphatic carbocycles. The smallest absolute Gasteiger partial charge is 0.294 e. The van der Waals surface area contributed by atoms with E-state index >= 15 is 0 Å². The van der Waals surface area contributed by atoms with Crippen molar-refractivity contribution >= 4 is 40.6 Å². The normalized spacial score (nSPS) is 18.0. The van der Waals surface area contributed by atoms with Gasteiger partial charge in [-0.25, -0.2) is 0 Å². The third-order valence-electron chi connectivity index (χ3n) is 5.11. The van der Waals surface area contributed by atoms with E-state index in [0.29, 0.717) is 49.0 Å². The number of nitro groups is 1. The molecule has 2 aliphatic heterocycles. The van der Waals surface area contributed by atoms with Crippen molar-refractivity contribution in [2.75, 3.05) is 32.8 Å². The lowest BCUT2D eigenvalue weighted by molar-refractivity contribution is -0.385. The van der Waals surface area contributed by atoms with Gasteiger partial charge in [0.05, 0.1) is 23.0 Å². The minimum absolute atomic E-state index is 0.0147. The van der Waals surface area contributed by atoms with Gasteiger partial charge in [-0.05, 0) is 43.0 Å². The molecule has 2 saturated heterocycles. The van der Waals surface area contributed by atoms with Crippen LogP contribution in [0, 0.1) is 17.0 Å². The predicted molar refractivity (Wildman–Crippen MR) is 116 cm³/mol. The standard InChI is InChI=1S/C21H19N3O7S/c1-13-10-14(2-4-16(13)24(28)29)17-5-3-15(31-17)11-18-20(26)23(21(27)32-18)12-19(25)22-6-8-30-9-7-22/h2-5,10-11H,6-9,12H2,1H3/b18-11-. The van der Waals surface area contributed by atoms with Gasteiger partial charge < -0.3 is 14.1 Å². The molecule has 0 N–H and O–H groups in total. The number of thioether (sulfide) groups is 1. The highest BCUT2D eigenvalue weighted by atomic mass is 32.2. The number of ether oxygens (including phenoxy) is 1. The van der Waals surface area contributed by atoms with Crippen molar-refractivity contribution in [2.45, 2.75) is 6.92 Å². The molecule has 1 aromatic carbocycles. The van der Waals surface area contributed by atoms with Crippen LogP contribution in [0.5, 0.6) is 0 Å². The number of aryl methyl sites for hydroxylation is 1. The Morgan fingerprint density at radius 1 is 1.22 bits per heavy atom. The average molecular weight is 457 g/mol. The Kier molecular flexibility index (Phi) is 6.10. The highest BCUT2D eigenvalue weighted by Crippen LogP contribution is 2.34. The number of rotatable bonds is 5. The second-order valence-corrected chi connectivity index (χ2v) is 8.21. The molecule has 32 heavy (non-hydrogen) atoms.